The van der Waals surface area contributed by atoms with E-state index in [-0.39, 0.29) is 5.95 Å². The zero-order valence-electron chi connectivity index (χ0n) is 10.6. The van der Waals surface area contributed by atoms with Crippen molar-refractivity contribution in [1.82, 2.24) is 34.7 Å². The van der Waals surface area contributed by atoms with Crippen LogP contribution in [0.4, 0.5) is 11.9 Å². The molecular weight excluding hydrogens is 278 g/mol. The quantitative estimate of drug-likeness (QED) is 0.708. The first-order valence-electron chi connectivity index (χ1n) is 5.72. The monoisotopic (exact) mass is 289 g/mol. The first-order valence-corrected chi connectivity index (χ1v) is 6.60. The third-order valence-corrected chi connectivity index (χ3v) is 3.18. The molecule has 102 valence electrons. The lowest BCUT2D eigenvalue weighted by Crippen LogP contribution is -2.11. The Morgan fingerprint density at radius 2 is 2.20 bits per heavy atom. The summed E-state index contributed by atoms with van der Waals surface area (Å²) in [5.41, 5.74) is 6.59. The van der Waals surface area contributed by atoms with Gasteiger partial charge in [-0.3, -0.25) is 0 Å². The number of aromatic nitrogens is 7. The van der Waals surface area contributed by atoms with Crippen LogP contribution < -0.4 is 11.1 Å². The van der Waals surface area contributed by atoms with Gasteiger partial charge in [-0.2, -0.15) is 24.7 Å². The van der Waals surface area contributed by atoms with Gasteiger partial charge in [-0.15, -0.1) is 11.3 Å². The molecule has 20 heavy (non-hydrogen) atoms. The number of thiazole rings is 1. The standard InChI is InChI=1S/C10H11N9S/c1-6-15-7(3-20-6)2-13-9-16-8(11)17-10(18-9)19-5-12-4-14-19/h3-5H,2H2,1H3,(H3,11,13,16,17,18). The van der Waals surface area contributed by atoms with Crippen molar-refractivity contribution >= 4 is 23.2 Å². The molecule has 0 saturated heterocycles. The van der Waals surface area contributed by atoms with Crippen LogP contribution in [0.2, 0.25) is 0 Å². The minimum Gasteiger partial charge on any atom is -0.368 e. The largest absolute Gasteiger partial charge is 0.368 e. The van der Waals surface area contributed by atoms with Gasteiger partial charge in [-0.05, 0) is 6.92 Å². The van der Waals surface area contributed by atoms with Crippen LogP contribution in [-0.2, 0) is 6.54 Å². The fraction of sp³-hybridized carbons (Fsp3) is 0.200. The molecular formula is C10H11N9S. The van der Waals surface area contributed by atoms with Crippen molar-refractivity contribution in [1.29, 1.82) is 0 Å². The zero-order valence-corrected chi connectivity index (χ0v) is 11.4. The summed E-state index contributed by atoms with van der Waals surface area (Å²) in [6.07, 6.45) is 2.88. The van der Waals surface area contributed by atoms with E-state index in [0.29, 0.717) is 18.4 Å². The van der Waals surface area contributed by atoms with E-state index in [4.69, 9.17) is 5.73 Å². The minimum atomic E-state index is 0.113. The Kier molecular flexibility index (Phi) is 3.21. The molecule has 0 saturated carbocycles. The average molecular weight is 289 g/mol. The van der Waals surface area contributed by atoms with Gasteiger partial charge < -0.3 is 11.1 Å². The van der Waals surface area contributed by atoms with Crippen LogP contribution in [0.15, 0.2) is 18.0 Å². The van der Waals surface area contributed by atoms with Gasteiger partial charge in [0.2, 0.25) is 11.9 Å². The number of hydrogen-bond acceptors (Lipinski definition) is 9. The van der Waals surface area contributed by atoms with Gasteiger partial charge in [-0.1, -0.05) is 0 Å². The highest BCUT2D eigenvalue weighted by atomic mass is 32.1. The van der Waals surface area contributed by atoms with Gasteiger partial charge in [0.1, 0.15) is 12.7 Å². The molecule has 3 aromatic rings. The van der Waals surface area contributed by atoms with Crippen molar-refractivity contribution in [2.75, 3.05) is 11.1 Å². The number of anilines is 2. The summed E-state index contributed by atoms with van der Waals surface area (Å²) >= 11 is 1.59. The molecule has 9 nitrogen and oxygen atoms in total. The summed E-state index contributed by atoms with van der Waals surface area (Å²) < 4.78 is 1.41. The Labute approximate surface area is 118 Å². The van der Waals surface area contributed by atoms with Crippen molar-refractivity contribution in [3.05, 3.63) is 28.7 Å². The summed E-state index contributed by atoms with van der Waals surface area (Å²) in [5.74, 6) is 0.795. The van der Waals surface area contributed by atoms with E-state index in [2.05, 4.69) is 35.3 Å². The van der Waals surface area contributed by atoms with Crippen molar-refractivity contribution < 1.29 is 0 Å². The van der Waals surface area contributed by atoms with Gasteiger partial charge in [0.25, 0.3) is 5.95 Å². The summed E-state index contributed by atoms with van der Waals surface area (Å²) in [5, 5.41) is 10.00. The summed E-state index contributed by atoms with van der Waals surface area (Å²) in [7, 11) is 0. The first-order chi connectivity index (χ1) is 9.70. The second-order valence-electron chi connectivity index (χ2n) is 3.87. The molecule has 0 radical (unpaired) electrons. The zero-order chi connectivity index (χ0) is 13.9. The maximum Gasteiger partial charge on any atom is 0.258 e. The number of nitrogen functional groups attached to an aromatic ring is 1. The van der Waals surface area contributed by atoms with Crippen LogP contribution in [-0.4, -0.2) is 34.7 Å². The van der Waals surface area contributed by atoms with E-state index in [1.54, 1.807) is 11.3 Å². The van der Waals surface area contributed by atoms with E-state index in [9.17, 15) is 0 Å². The molecule has 0 atom stereocenters. The maximum atomic E-state index is 5.66. The molecule has 0 bridgehead atoms. The van der Waals surface area contributed by atoms with Gasteiger partial charge >= 0.3 is 0 Å². The first kappa shape index (κ1) is 12.4. The van der Waals surface area contributed by atoms with E-state index < -0.39 is 0 Å². The van der Waals surface area contributed by atoms with Crippen LogP contribution >= 0.6 is 11.3 Å². The van der Waals surface area contributed by atoms with Crippen LogP contribution in [0, 0.1) is 6.92 Å². The van der Waals surface area contributed by atoms with E-state index in [1.807, 2.05) is 12.3 Å². The highest BCUT2D eigenvalue weighted by molar-refractivity contribution is 7.09. The average Bonchev–Trinajstić information content (AvgIpc) is 3.07. The highest BCUT2D eigenvalue weighted by Crippen LogP contribution is 2.10. The molecule has 0 aromatic carbocycles. The normalized spacial score (nSPS) is 10.7. The lowest BCUT2D eigenvalue weighted by molar-refractivity contribution is 0.796. The Morgan fingerprint density at radius 1 is 1.30 bits per heavy atom. The number of rotatable bonds is 4. The van der Waals surface area contributed by atoms with Crippen LogP contribution in [0.5, 0.6) is 0 Å². The topological polar surface area (TPSA) is 120 Å². The third kappa shape index (κ3) is 2.69. The van der Waals surface area contributed by atoms with Crippen molar-refractivity contribution in [3.8, 4) is 5.95 Å². The van der Waals surface area contributed by atoms with Crippen LogP contribution in [0.1, 0.15) is 10.7 Å². The minimum absolute atomic E-state index is 0.113. The molecule has 0 aliphatic rings. The molecule has 0 spiro atoms. The van der Waals surface area contributed by atoms with Gasteiger partial charge in [0, 0.05) is 5.38 Å². The Morgan fingerprint density at radius 3 is 2.90 bits per heavy atom. The lowest BCUT2D eigenvalue weighted by atomic mass is 10.5. The molecule has 3 rings (SSSR count). The number of nitrogens with one attached hydrogen (secondary N) is 1. The van der Waals surface area contributed by atoms with E-state index >= 15 is 0 Å². The molecule has 3 aromatic heterocycles. The summed E-state index contributed by atoms with van der Waals surface area (Å²) in [6, 6.07) is 0. The number of nitrogens with zero attached hydrogens (tertiary/aromatic N) is 7. The Balaban J connectivity index is 1.79. The van der Waals surface area contributed by atoms with Crippen LogP contribution in [0.25, 0.3) is 5.95 Å². The molecule has 0 fully saturated rings. The van der Waals surface area contributed by atoms with Gasteiger partial charge in [0.15, 0.2) is 0 Å². The predicted octanol–water partition coefficient (Wildman–Crippen LogP) is 0.412. The number of nitrogens with two attached hydrogens (primary N) is 1. The second-order valence-corrected chi connectivity index (χ2v) is 4.93. The van der Waals surface area contributed by atoms with Crippen LogP contribution in [0.3, 0.4) is 0 Å². The Bertz CT molecular complexity index is 705. The molecule has 0 aliphatic carbocycles. The van der Waals surface area contributed by atoms with Crippen molar-refractivity contribution in [3.63, 3.8) is 0 Å². The molecule has 0 unspecified atom stereocenters. The molecule has 10 heteroatoms. The van der Waals surface area contributed by atoms with Gasteiger partial charge in [0.05, 0.1) is 17.2 Å². The smallest absolute Gasteiger partial charge is 0.258 e. The van der Waals surface area contributed by atoms with E-state index in [0.717, 1.165) is 10.7 Å². The molecule has 0 aliphatic heterocycles. The summed E-state index contributed by atoms with van der Waals surface area (Å²) in [4.78, 5) is 20.4. The number of hydrogen-bond donors (Lipinski definition) is 2. The number of aryl methyl sites for hydroxylation is 1. The molecule has 3 heterocycles. The SMILES string of the molecule is Cc1nc(CNc2nc(N)nc(-n3cncn3)n2)cs1. The van der Waals surface area contributed by atoms with Crippen molar-refractivity contribution in [2.24, 2.45) is 0 Å². The summed E-state index contributed by atoms with van der Waals surface area (Å²) in [6.45, 7) is 2.47. The van der Waals surface area contributed by atoms with E-state index in [1.165, 1.54) is 17.3 Å². The van der Waals surface area contributed by atoms with Gasteiger partial charge in [-0.25, -0.2) is 9.97 Å². The predicted molar refractivity (Wildman–Crippen MR) is 73.3 cm³/mol. The fourth-order valence-corrected chi connectivity index (χ4v) is 2.15. The van der Waals surface area contributed by atoms with Crippen molar-refractivity contribution in [2.45, 2.75) is 13.5 Å². The lowest BCUT2D eigenvalue weighted by Gasteiger charge is -2.05. The fourth-order valence-electron chi connectivity index (χ4n) is 1.53. The highest BCUT2D eigenvalue weighted by Gasteiger charge is 2.07. The maximum absolute atomic E-state index is 5.66. The third-order valence-electron chi connectivity index (χ3n) is 2.36. The second kappa shape index (κ2) is 5.17. The molecule has 0 amide bonds. The molecule has 3 N–H and O–H groups in total. The Hall–Kier alpha value is -2.62.